The SMILES string of the molecule is COC[C@H]1O[C@@H](n2cnc3c(NCC(C)F)ncnc32)C(O)C1O. The lowest BCUT2D eigenvalue weighted by Gasteiger charge is -2.16. The van der Waals surface area contributed by atoms with Crippen LogP contribution in [0.5, 0.6) is 0 Å². The van der Waals surface area contributed by atoms with Crippen molar-refractivity contribution in [3.8, 4) is 0 Å². The average Bonchev–Trinajstić information content (AvgIpc) is 3.10. The third kappa shape index (κ3) is 3.05. The van der Waals surface area contributed by atoms with E-state index in [0.29, 0.717) is 17.0 Å². The summed E-state index contributed by atoms with van der Waals surface area (Å²) in [5, 5.41) is 23.2. The van der Waals surface area contributed by atoms with Gasteiger partial charge in [-0.15, -0.1) is 0 Å². The number of aliphatic hydroxyl groups is 2. The Bertz CT molecular complexity index is 697. The molecule has 9 nitrogen and oxygen atoms in total. The van der Waals surface area contributed by atoms with Gasteiger partial charge in [0.25, 0.3) is 0 Å². The molecule has 0 spiro atoms. The first kappa shape index (κ1) is 17.0. The van der Waals surface area contributed by atoms with E-state index in [1.807, 2.05) is 0 Å². The van der Waals surface area contributed by atoms with Crippen LogP contribution in [0.25, 0.3) is 11.2 Å². The van der Waals surface area contributed by atoms with Gasteiger partial charge in [-0.25, -0.2) is 19.3 Å². The minimum atomic E-state index is -1.15. The standard InChI is InChI=1S/C14H20FN5O4/c1-7(15)3-16-12-9-13(18-5-17-12)20(6-19-9)14-11(22)10(21)8(24-14)4-23-2/h5-8,10-11,14,21-22H,3-4H2,1-2H3,(H,16,17,18)/t7?,8-,10?,11?,14-/m1/s1. The summed E-state index contributed by atoms with van der Waals surface area (Å²) in [6, 6.07) is 0. The van der Waals surface area contributed by atoms with Gasteiger partial charge < -0.3 is 25.0 Å². The number of hydrogen-bond donors (Lipinski definition) is 3. The quantitative estimate of drug-likeness (QED) is 0.665. The van der Waals surface area contributed by atoms with E-state index in [1.54, 1.807) is 0 Å². The highest BCUT2D eigenvalue weighted by Crippen LogP contribution is 2.32. The van der Waals surface area contributed by atoms with Gasteiger partial charge in [-0.2, -0.15) is 0 Å². The maximum atomic E-state index is 13.0. The third-order valence-electron chi connectivity index (χ3n) is 3.85. The largest absolute Gasteiger partial charge is 0.387 e. The number of alkyl halides is 1. The highest BCUT2D eigenvalue weighted by molar-refractivity contribution is 5.82. The summed E-state index contributed by atoms with van der Waals surface area (Å²) in [6.07, 6.45) is -2.02. The Balaban J connectivity index is 1.89. The molecule has 3 unspecified atom stereocenters. The first-order valence-electron chi connectivity index (χ1n) is 7.59. The molecule has 1 aliphatic rings. The van der Waals surface area contributed by atoms with Gasteiger partial charge in [-0.05, 0) is 6.92 Å². The molecule has 3 N–H and O–H groups in total. The van der Waals surface area contributed by atoms with E-state index in [4.69, 9.17) is 9.47 Å². The van der Waals surface area contributed by atoms with E-state index in [1.165, 1.54) is 31.3 Å². The molecule has 0 amide bonds. The van der Waals surface area contributed by atoms with Crippen molar-refractivity contribution in [1.29, 1.82) is 0 Å². The third-order valence-corrected chi connectivity index (χ3v) is 3.85. The monoisotopic (exact) mass is 341 g/mol. The van der Waals surface area contributed by atoms with E-state index < -0.39 is 30.7 Å². The van der Waals surface area contributed by atoms with Gasteiger partial charge in [0, 0.05) is 13.7 Å². The van der Waals surface area contributed by atoms with Crippen LogP contribution in [-0.2, 0) is 9.47 Å². The molecule has 2 aromatic heterocycles. The molecule has 0 radical (unpaired) electrons. The van der Waals surface area contributed by atoms with Crippen LogP contribution in [0.2, 0.25) is 0 Å². The molecule has 0 aromatic carbocycles. The Labute approximate surface area is 137 Å². The Kier molecular flexibility index (Phi) is 4.90. The fourth-order valence-electron chi connectivity index (χ4n) is 2.67. The second kappa shape index (κ2) is 6.93. The molecular weight excluding hydrogens is 321 g/mol. The molecule has 0 bridgehead atoms. The van der Waals surface area contributed by atoms with Crippen LogP contribution in [0.4, 0.5) is 10.2 Å². The number of ether oxygens (including phenoxy) is 2. The number of halogens is 1. The van der Waals surface area contributed by atoms with E-state index in [0.717, 1.165) is 0 Å². The fraction of sp³-hybridized carbons (Fsp3) is 0.643. The Morgan fingerprint density at radius 2 is 2.17 bits per heavy atom. The van der Waals surface area contributed by atoms with Gasteiger partial charge in [0.1, 0.15) is 30.8 Å². The van der Waals surface area contributed by atoms with E-state index >= 15 is 0 Å². The van der Waals surface area contributed by atoms with Crippen molar-refractivity contribution >= 4 is 17.0 Å². The van der Waals surface area contributed by atoms with Gasteiger partial charge in [-0.3, -0.25) is 4.57 Å². The van der Waals surface area contributed by atoms with Gasteiger partial charge in [0.2, 0.25) is 0 Å². The number of anilines is 1. The zero-order valence-electron chi connectivity index (χ0n) is 13.3. The van der Waals surface area contributed by atoms with Crippen LogP contribution < -0.4 is 5.32 Å². The van der Waals surface area contributed by atoms with Crippen LogP contribution in [0.3, 0.4) is 0 Å². The van der Waals surface area contributed by atoms with Crippen molar-refractivity contribution in [3.63, 3.8) is 0 Å². The molecule has 10 heteroatoms. The molecule has 132 valence electrons. The van der Waals surface area contributed by atoms with Crippen LogP contribution in [0, 0.1) is 0 Å². The molecule has 2 aromatic rings. The van der Waals surface area contributed by atoms with Gasteiger partial charge in [-0.1, -0.05) is 0 Å². The van der Waals surface area contributed by atoms with Crippen molar-refractivity contribution in [2.75, 3.05) is 25.6 Å². The summed E-state index contributed by atoms with van der Waals surface area (Å²) in [5.41, 5.74) is 0.840. The summed E-state index contributed by atoms with van der Waals surface area (Å²) < 4.78 is 25.2. The summed E-state index contributed by atoms with van der Waals surface area (Å²) in [6.45, 7) is 1.68. The average molecular weight is 341 g/mol. The topological polar surface area (TPSA) is 115 Å². The van der Waals surface area contributed by atoms with Crippen LogP contribution in [-0.4, -0.2) is 74.5 Å². The van der Waals surface area contributed by atoms with Crippen molar-refractivity contribution in [3.05, 3.63) is 12.7 Å². The molecule has 5 atom stereocenters. The normalized spacial score (nSPS) is 28.4. The first-order chi connectivity index (χ1) is 11.5. The maximum Gasteiger partial charge on any atom is 0.167 e. The lowest BCUT2D eigenvalue weighted by molar-refractivity contribution is -0.0580. The van der Waals surface area contributed by atoms with Crippen molar-refractivity contribution < 1.29 is 24.1 Å². The second-order valence-corrected chi connectivity index (χ2v) is 5.71. The van der Waals surface area contributed by atoms with Crippen LogP contribution >= 0.6 is 0 Å². The molecule has 1 saturated heterocycles. The fourth-order valence-corrected chi connectivity index (χ4v) is 2.67. The molecular formula is C14H20FN5O4. The second-order valence-electron chi connectivity index (χ2n) is 5.71. The molecule has 1 aliphatic heterocycles. The molecule has 0 aliphatic carbocycles. The summed E-state index contributed by atoms with van der Waals surface area (Å²) in [5.74, 6) is 0.393. The molecule has 0 saturated carbocycles. The van der Waals surface area contributed by atoms with Crippen molar-refractivity contribution in [2.24, 2.45) is 0 Å². The summed E-state index contributed by atoms with van der Waals surface area (Å²) >= 11 is 0. The van der Waals surface area contributed by atoms with E-state index in [2.05, 4.69) is 20.3 Å². The zero-order valence-corrected chi connectivity index (χ0v) is 13.3. The summed E-state index contributed by atoms with van der Waals surface area (Å²) in [7, 11) is 1.49. The number of fused-ring (bicyclic) bond motifs is 1. The van der Waals surface area contributed by atoms with E-state index in [9.17, 15) is 14.6 Å². The highest BCUT2D eigenvalue weighted by atomic mass is 19.1. The van der Waals surface area contributed by atoms with Crippen LogP contribution in [0.1, 0.15) is 13.2 Å². The van der Waals surface area contributed by atoms with Crippen molar-refractivity contribution in [1.82, 2.24) is 19.5 Å². The predicted octanol–water partition coefficient (Wildman–Crippen LogP) is -0.138. The number of imidazole rings is 1. The minimum absolute atomic E-state index is 0.0934. The van der Waals surface area contributed by atoms with Crippen LogP contribution in [0.15, 0.2) is 12.7 Å². The first-order valence-corrected chi connectivity index (χ1v) is 7.59. The highest BCUT2D eigenvalue weighted by Gasteiger charge is 2.44. The Morgan fingerprint density at radius 1 is 1.38 bits per heavy atom. The number of rotatable bonds is 6. The molecule has 1 fully saturated rings. The minimum Gasteiger partial charge on any atom is -0.387 e. The predicted molar refractivity (Wildman–Crippen MR) is 82.2 cm³/mol. The Morgan fingerprint density at radius 3 is 2.88 bits per heavy atom. The Hall–Kier alpha value is -1.88. The number of nitrogens with one attached hydrogen (secondary N) is 1. The number of methoxy groups -OCH3 is 1. The number of hydrogen-bond acceptors (Lipinski definition) is 8. The molecule has 24 heavy (non-hydrogen) atoms. The lowest BCUT2D eigenvalue weighted by Crippen LogP contribution is -2.33. The lowest BCUT2D eigenvalue weighted by atomic mass is 10.1. The number of nitrogens with zero attached hydrogens (tertiary/aromatic N) is 4. The van der Waals surface area contributed by atoms with Gasteiger partial charge in [0.05, 0.1) is 12.9 Å². The summed E-state index contributed by atoms with van der Waals surface area (Å²) in [4.78, 5) is 12.4. The zero-order chi connectivity index (χ0) is 17.3. The number of aliphatic hydroxyl groups excluding tert-OH is 2. The smallest absolute Gasteiger partial charge is 0.167 e. The molecule has 3 rings (SSSR count). The molecule has 3 heterocycles. The van der Waals surface area contributed by atoms with Crippen molar-refractivity contribution in [2.45, 2.75) is 37.6 Å². The van der Waals surface area contributed by atoms with E-state index in [-0.39, 0.29) is 13.2 Å². The maximum absolute atomic E-state index is 13.0. The van der Waals surface area contributed by atoms with Gasteiger partial charge in [0.15, 0.2) is 23.2 Å². The van der Waals surface area contributed by atoms with Gasteiger partial charge >= 0.3 is 0 Å². The number of aromatic nitrogens is 4.